The van der Waals surface area contributed by atoms with Crippen LogP contribution in [0.3, 0.4) is 0 Å². The lowest BCUT2D eigenvalue weighted by Crippen LogP contribution is -2.41. The predicted molar refractivity (Wildman–Crippen MR) is 85.4 cm³/mol. The van der Waals surface area contributed by atoms with E-state index in [2.05, 4.69) is 13.8 Å². The van der Waals surface area contributed by atoms with E-state index in [9.17, 15) is 5.11 Å². The molecule has 2 aromatic carbocycles. The summed E-state index contributed by atoms with van der Waals surface area (Å²) in [5, 5.41) is 9.64. The van der Waals surface area contributed by atoms with Gasteiger partial charge >= 0.3 is 0 Å². The fraction of sp³-hybridized carbons (Fsp3) is 0.333. The van der Waals surface area contributed by atoms with Crippen LogP contribution in [0.5, 0.6) is 5.75 Å². The summed E-state index contributed by atoms with van der Waals surface area (Å²) < 4.78 is 5.77. The number of aliphatic hydroxyl groups excluding tert-OH is 1. The molecule has 1 unspecified atom stereocenters. The van der Waals surface area contributed by atoms with E-state index in [1.54, 1.807) is 0 Å². The highest BCUT2D eigenvalue weighted by molar-refractivity contribution is 5.33. The Bertz CT molecular complexity index is 583. The first kappa shape index (κ1) is 15.5. The van der Waals surface area contributed by atoms with Crippen LogP contribution in [0.1, 0.15) is 23.1 Å². The van der Waals surface area contributed by atoms with Crippen molar-refractivity contribution >= 4 is 0 Å². The highest BCUT2D eigenvalue weighted by Crippen LogP contribution is 2.23. The Kier molecular flexibility index (Phi) is 4.99. The van der Waals surface area contributed by atoms with Crippen LogP contribution >= 0.6 is 0 Å². The standard InChI is InChI=1S/C18H23NO2/c1-14-8-9-17(12-15(14)2)21-11-10-18(19,13-20)16-6-4-3-5-7-16/h3-9,12,20H,10-11,13,19H2,1-2H3. The summed E-state index contributed by atoms with van der Waals surface area (Å²) in [6.07, 6.45) is 0.556. The third kappa shape index (κ3) is 3.84. The smallest absolute Gasteiger partial charge is 0.119 e. The van der Waals surface area contributed by atoms with Gasteiger partial charge in [-0.05, 0) is 42.7 Å². The molecule has 2 rings (SSSR count). The van der Waals surface area contributed by atoms with Crippen molar-refractivity contribution in [1.82, 2.24) is 0 Å². The molecule has 3 N–H and O–H groups in total. The van der Waals surface area contributed by atoms with Gasteiger partial charge in [-0.2, -0.15) is 0 Å². The minimum atomic E-state index is -0.763. The maximum atomic E-state index is 9.64. The number of rotatable bonds is 6. The average Bonchev–Trinajstić information content (AvgIpc) is 2.51. The van der Waals surface area contributed by atoms with Crippen LogP contribution in [0.2, 0.25) is 0 Å². The molecule has 3 nitrogen and oxygen atoms in total. The first-order valence-corrected chi connectivity index (χ1v) is 7.20. The molecule has 0 radical (unpaired) electrons. The van der Waals surface area contributed by atoms with Crippen molar-refractivity contribution in [2.45, 2.75) is 25.8 Å². The van der Waals surface area contributed by atoms with E-state index in [4.69, 9.17) is 10.5 Å². The Morgan fingerprint density at radius 2 is 1.76 bits per heavy atom. The van der Waals surface area contributed by atoms with Gasteiger partial charge in [0.05, 0.1) is 18.8 Å². The highest BCUT2D eigenvalue weighted by atomic mass is 16.5. The average molecular weight is 285 g/mol. The van der Waals surface area contributed by atoms with E-state index in [0.717, 1.165) is 11.3 Å². The molecule has 0 spiro atoms. The largest absolute Gasteiger partial charge is 0.494 e. The van der Waals surface area contributed by atoms with E-state index >= 15 is 0 Å². The van der Waals surface area contributed by atoms with Gasteiger partial charge in [0.15, 0.2) is 0 Å². The molecule has 0 fully saturated rings. The minimum absolute atomic E-state index is 0.104. The van der Waals surface area contributed by atoms with Crippen LogP contribution in [0.15, 0.2) is 48.5 Å². The lowest BCUT2D eigenvalue weighted by atomic mass is 9.89. The Labute approximate surface area is 126 Å². The molecule has 0 aliphatic carbocycles. The van der Waals surface area contributed by atoms with Crippen molar-refractivity contribution < 1.29 is 9.84 Å². The number of aliphatic hydroxyl groups is 1. The Balaban J connectivity index is 1.99. The zero-order valence-electron chi connectivity index (χ0n) is 12.7. The monoisotopic (exact) mass is 285 g/mol. The molecule has 21 heavy (non-hydrogen) atoms. The fourth-order valence-corrected chi connectivity index (χ4v) is 2.24. The van der Waals surface area contributed by atoms with Gasteiger partial charge in [0.2, 0.25) is 0 Å². The van der Waals surface area contributed by atoms with Gasteiger partial charge in [-0.1, -0.05) is 36.4 Å². The highest BCUT2D eigenvalue weighted by Gasteiger charge is 2.26. The predicted octanol–water partition coefficient (Wildman–Crippen LogP) is 2.92. The number of benzene rings is 2. The molecule has 1 atom stereocenters. The zero-order valence-corrected chi connectivity index (χ0v) is 12.7. The van der Waals surface area contributed by atoms with Crippen LogP contribution in [0.25, 0.3) is 0 Å². The quantitative estimate of drug-likeness (QED) is 0.858. The van der Waals surface area contributed by atoms with E-state index < -0.39 is 5.54 Å². The Hall–Kier alpha value is -1.84. The molecule has 0 heterocycles. The minimum Gasteiger partial charge on any atom is -0.494 e. The molecule has 0 amide bonds. The SMILES string of the molecule is Cc1ccc(OCCC(N)(CO)c2ccccc2)cc1C. The topological polar surface area (TPSA) is 55.5 Å². The van der Waals surface area contributed by atoms with Crippen LogP contribution in [0.4, 0.5) is 0 Å². The third-order valence-corrected chi connectivity index (χ3v) is 3.93. The number of hydrogen-bond acceptors (Lipinski definition) is 3. The molecule has 0 aromatic heterocycles. The molecule has 0 aliphatic heterocycles. The van der Waals surface area contributed by atoms with Crippen LogP contribution in [-0.4, -0.2) is 18.3 Å². The number of hydrogen-bond donors (Lipinski definition) is 2. The summed E-state index contributed by atoms with van der Waals surface area (Å²) in [5.41, 5.74) is 8.92. The van der Waals surface area contributed by atoms with Gasteiger partial charge in [-0.25, -0.2) is 0 Å². The summed E-state index contributed by atoms with van der Waals surface area (Å²) in [6.45, 7) is 4.50. The molecule has 0 saturated carbocycles. The van der Waals surface area contributed by atoms with Crippen molar-refractivity contribution in [2.24, 2.45) is 5.73 Å². The number of ether oxygens (including phenoxy) is 1. The van der Waals surface area contributed by atoms with Gasteiger partial charge in [-0.15, -0.1) is 0 Å². The fourth-order valence-electron chi connectivity index (χ4n) is 2.24. The lowest BCUT2D eigenvalue weighted by Gasteiger charge is -2.27. The summed E-state index contributed by atoms with van der Waals surface area (Å²) >= 11 is 0. The van der Waals surface area contributed by atoms with Crippen LogP contribution < -0.4 is 10.5 Å². The van der Waals surface area contributed by atoms with Crippen molar-refractivity contribution in [2.75, 3.05) is 13.2 Å². The second-order valence-corrected chi connectivity index (χ2v) is 5.52. The van der Waals surface area contributed by atoms with Gasteiger partial charge in [-0.3, -0.25) is 0 Å². The van der Waals surface area contributed by atoms with Crippen LogP contribution in [0, 0.1) is 13.8 Å². The molecule has 3 heteroatoms. The number of nitrogens with two attached hydrogens (primary N) is 1. The summed E-state index contributed by atoms with van der Waals surface area (Å²) in [4.78, 5) is 0. The van der Waals surface area contributed by atoms with Gasteiger partial charge in [0.1, 0.15) is 5.75 Å². The normalized spacial score (nSPS) is 13.7. The van der Waals surface area contributed by atoms with E-state index in [1.165, 1.54) is 11.1 Å². The molecular weight excluding hydrogens is 262 g/mol. The van der Waals surface area contributed by atoms with Crippen molar-refractivity contribution in [3.05, 3.63) is 65.2 Å². The molecule has 0 saturated heterocycles. The molecular formula is C18H23NO2. The maximum absolute atomic E-state index is 9.64. The summed E-state index contributed by atoms with van der Waals surface area (Å²) in [7, 11) is 0. The Morgan fingerprint density at radius 1 is 1.05 bits per heavy atom. The summed E-state index contributed by atoms with van der Waals surface area (Å²) in [5.74, 6) is 0.839. The van der Waals surface area contributed by atoms with Crippen molar-refractivity contribution in [3.63, 3.8) is 0 Å². The number of aryl methyl sites for hydroxylation is 2. The lowest BCUT2D eigenvalue weighted by molar-refractivity contribution is 0.162. The van der Waals surface area contributed by atoms with E-state index in [0.29, 0.717) is 13.0 Å². The van der Waals surface area contributed by atoms with E-state index in [-0.39, 0.29) is 6.61 Å². The maximum Gasteiger partial charge on any atom is 0.119 e. The van der Waals surface area contributed by atoms with Gasteiger partial charge in [0, 0.05) is 6.42 Å². The van der Waals surface area contributed by atoms with Crippen molar-refractivity contribution in [3.8, 4) is 5.75 Å². The molecule has 112 valence electrons. The molecule has 0 aliphatic rings. The summed E-state index contributed by atoms with van der Waals surface area (Å²) in [6, 6.07) is 15.7. The zero-order chi connectivity index (χ0) is 15.3. The first-order valence-electron chi connectivity index (χ1n) is 7.20. The van der Waals surface area contributed by atoms with Crippen LogP contribution in [-0.2, 0) is 5.54 Å². The second kappa shape index (κ2) is 6.74. The second-order valence-electron chi connectivity index (χ2n) is 5.52. The molecule has 0 bridgehead atoms. The van der Waals surface area contributed by atoms with E-state index in [1.807, 2.05) is 48.5 Å². The van der Waals surface area contributed by atoms with Gasteiger partial charge in [0.25, 0.3) is 0 Å². The van der Waals surface area contributed by atoms with Gasteiger partial charge < -0.3 is 15.6 Å². The third-order valence-electron chi connectivity index (χ3n) is 3.93. The van der Waals surface area contributed by atoms with Crippen molar-refractivity contribution in [1.29, 1.82) is 0 Å². The Morgan fingerprint density at radius 3 is 2.38 bits per heavy atom. The molecule has 2 aromatic rings. The first-order chi connectivity index (χ1) is 10.0.